The normalized spacial score (nSPS) is 12.6. The number of aryl methyl sites for hydroxylation is 1. The van der Waals surface area contributed by atoms with E-state index in [1.54, 1.807) is 28.0 Å². The number of carbonyl (C=O) groups is 4. The number of carboxylic acid groups (broad SMARTS) is 3. The van der Waals surface area contributed by atoms with E-state index < -0.39 is 17.9 Å². The minimum atomic E-state index is -1.04. The third-order valence-corrected chi connectivity index (χ3v) is 9.25. The van der Waals surface area contributed by atoms with Gasteiger partial charge in [-0.3, -0.25) is 19.2 Å². The summed E-state index contributed by atoms with van der Waals surface area (Å²) in [6, 6.07) is 18.9. The van der Waals surface area contributed by atoms with Crippen molar-refractivity contribution in [2.45, 2.75) is 32.4 Å². The highest BCUT2D eigenvalue weighted by Crippen LogP contribution is 2.46. The zero-order valence-electron chi connectivity index (χ0n) is 26.0. The topological polar surface area (TPSA) is 153 Å². The third-order valence-electron chi connectivity index (χ3n) is 8.53. The number of anilines is 2. The lowest BCUT2D eigenvalue weighted by molar-refractivity contribution is -0.672. The van der Waals surface area contributed by atoms with Crippen LogP contribution in [0.3, 0.4) is 0 Å². The van der Waals surface area contributed by atoms with Crippen LogP contribution in [0.5, 0.6) is 0 Å². The van der Waals surface area contributed by atoms with Gasteiger partial charge in [0.1, 0.15) is 25.5 Å². The fourth-order valence-corrected chi connectivity index (χ4v) is 6.86. The quantitative estimate of drug-likeness (QED) is 0.0562. The number of carbonyl (C=O) groups excluding carboxylic acids is 1. The number of ether oxygens (including phenoxy) is 1. The first kappa shape index (κ1) is 33.6. The molecule has 0 saturated heterocycles. The molecule has 0 spiro atoms. The lowest BCUT2D eigenvalue weighted by Gasteiger charge is -2.24. The Hall–Kier alpha value is -5.33. The average Bonchev–Trinajstić information content (AvgIpc) is 3.53. The Kier molecular flexibility index (Phi) is 9.61. The molecule has 1 aromatic heterocycles. The number of hydrogen-bond acceptors (Lipinski definition) is 7. The lowest BCUT2D eigenvalue weighted by Crippen LogP contribution is -2.39. The molecule has 4 aromatic carbocycles. The minimum absolute atomic E-state index is 0.000433. The molecule has 2 heterocycles. The van der Waals surface area contributed by atoms with Crippen molar-refractivity contribution in [3.63, 3.8) is 0 Å². The van der Waals surface area contributed by atoms with Gasteiger partial charge in [0.05, 0.1) is 46.8 Å². The van der Waals surface area contributed by atoms with Gasteiger partial charge in [-0.05, 0) is 35.0 Å². The number of fused-ring (bicyclic) bond motifs is 7. The second kappa shape index (κ2) is 14.0. The number of benzene rings is 4. The number of halogens is 2. The van der Waals surface area contributed by atoms with E-state index >= 15 is 0 Å². The van der Waals surface area contributed by atoms with Crippen molar-refractivity contribution in [1.82, 2.24) is 4.57 Å². The van der Waals surface area contributed by atoms with Crippen molar-refractivity contribution < 1.29 is 43.8 Å². The molecule has 0 saturated carbocycles. The molecular weight excluding hydrogens is 675 g/mol. The van der Waals surface area contributed by atoms with E-state index in [1.807, 2.05) is 57.7 Å². The molecule has 0 aliphatic carbocycles. The van der Waals surface area contributed by atoms with Gasteiger partial charge in [-0.25, -0.2) is 9.13 Å². The van der Waals surface area contributed by atoms with Crippen LogP contribution in [0.2, 0.25) is 10.0 Å². The lowest BCUT2D eigenvalue weighted by atomic mass is 9.99. The Morgan fingerprint density at radius 2 is 1.24 bits per heavy atom. The van der Waals surface area contributed by atoms with Crippen molar-refractivity contribution in [1.29, 1.82) is 0 Å². The van der Waals surface area contributed by atoms with Gasteiger partial charge >= 0.3 is 17.9 Å². The van der Waals surface area contributed by atoms with Crippen LogP contribution in [0.1, 0.15) is 25.1 Å². The van der Waals surface area contributed by atoms with E-state index in [2.05, 4.69) is 0 Å². The van der Waals surface area contributed by atoms with E-state index in [-0.39, 0.29) is 62.1 Å². The second-order valence-corrected chi connectivity index (χ2v) is 12.2. The monoisotopic (exact) mass is 705 g/mol. The zero-order chi connectivity index (χ0) is 34.8. The van der Waals surface area contributed by atoms with Gasteiger partial charge in [0.15, 0.2) is 11.0 Å². The molecule has 1 aliphatic heterocycles. The Bertz CT molecular complexity index is 2130. The van der Waals surface area contributed by atoms with Crippen molar-refractivity contribution >= 4 is 97.6 Å². The predicted molar refractivity (Wildman–Crippen MR) is 185 cm³/mol. The number of carboxylic acids is 3. The van der Waals surface area contributed by atoms with Crippen LogP contribution in [0.15, 0.2) is 66.5 Å². The van der Waals surface area contributed by atoms with Crippen LogP contribution >= 0.6 is 23.2 Å². The zero-order valence-corrected chi connectivity index (χ0v) is 27.5. The van der Waals surface area contributed by atoms with Crippen molar-refractivity contribution in [3.8, 4) is 0 Å². The van der Waals surface area contributed by atoms with Crippen LogP contribution < -0.4 is 14.4 Å². The first-order valence-corrected chi connectivity index (χ1v) is 16.2. The number of nitrogens with zero attached hydrogens (tertiary/aromatic N) is 4. The SMILES string of the molecule is O=COCCn1c(C=C2N(CCC(=O)O)c3cc(Cl)c(Cl)cc3N2CCC(=O)O)[n+](CCC(=O)O)c2c3ccccc3c3ccccc3c21. The van der Waals surface area contributed by atoms with Gasteiger partial charge in [-0.15, -0.1) is 0 Å². The molecule has 12 nitrogen and oxygen atoms in total. The summed E-state index contributed by atoms with van der Waals surface area (Å²) in [4.78, 5) is 50.4. The molecule has 0 radical (unpaired) electrons. The molecule has 252 valence electrons. The molecule has 49 heavy (non-hydrogen) atoms. The first-order valence-electron chi connectivity index (χ1n) is 15.4. The Morgan fingerprint density at radius 1 is 0.735 bits per heavy atom. The summed E-state index contributed by atoms with van der Waals surface area (Å²) >= 11 is 12.9. The summed E-state index contributed by atoms with van der Waals surface area (Å²) in [7, 11) is 0. The van der Waals surface area contributed by atoms with Gasteiger partial charge in [0.25, 0.3) is 12.3 Å². The van der Waals surface area contributed by atoms with E-state index in [9.17, 15) is 34.5 Å². The van der Waals surface area contributed by atoms with Crippen molar-refractivity contribution in [2.75, 3.05) is 29.5 Å². The summed E-state index contributed by atoms with van der Waals surface area (Å²) in [6.45, 7) is 0.615. The fraction of sp³-hybridized carbons (Fsp3) is 0.229. The maximum absolute atomic E-state index is 12.0. The fourth-order valence-electron chi connectivity index (χ4n) is 6.54. The van der Waals surface area contributed by atoms with Crippen molar-refractivity contribution in [2.24, 2.45) is 0 Å². The van der Waals surface area contributed by atoms with Crippen molar-refractivity contribution in [3.05, 3.63) is 82.4 Å². The molecule has 6 rings (SSSR count). The van der Waals surface area contributed by atoms with Gasteiger partial charge < -0.3 is 29.9 Å². The Morgan fingerprint density at radius 3 is 1.78 bits per heavy atom. The molecule has 0 atom stereocenters. The average molecular weight is 707 g/mol. The number of hydrogen-bond donors (Lipinski definition) is 3. The Balaban J connectivity index is 1.73. The van der Waals surface area contributed by atoms with Crippen LogP contribution in [0, 0.1) is 0 Å². The highest BCUT2D eigenvalue weighted by atomic mass is 35.5. The molecule has 14 heteroatoms. The maximum Gasteiger partial charge on any atom is 0.307 e. The number of imidazole rings is 1. The Labute approximate surface area is 289 Å². The first-order chi connectivity index (χ1) is 23.6. The van der Waals surface area contributed by atoms with Crippen LogP contribution in [-0.4, -0.2) is 64.0 Å². The largest absolute Gasteiger partial charge is 0.481 e. The number of aliphatic carboxylic acids is 3. The molecule has 5 aromatic rings. The molecule has 0 fully saturated rings. The highest BCUT2D eigenvalue weighted by Gasteiger charge is 2.36. The second-order valence-electron chi connectivity index (χ2n) is 11.4. The number of aromatic nitrogens is 2. The summed E-state index contributed by atoms with van der Waals surface area (Å²) in [5.74, 6) is -2.13. The standard InChI is InChI=1S/C35H30Cl2N4O8/c36-25-17-27-28(18-26(25)37)39(13-10-32(45)46)29(38(27)12-9-31(43)44)19-30-40(14-11-33(47)48)34-23-7-3-1-5-21(23)22-6-2-4-8-24(22)35(34)41(30)15-16-49-20-42/h1-8,17-20H,9-16H2,(H2-,43,44,45,46,47,48)/p+1. The minimum Gasteiger partial charge on any atom is -0.481 e. The molecule has 3 N–H and O–H groups in total. The predicted octanol–water partition coefficient (Wildman–Crippen LogP) is 5.76. The van der Waals surface area contributed by atoms with E-state index in [0.29, 0.717) is 29.5 Å². The van der Waals surface area contributed by atoms with Crippen LogP contribution in [0.25, 0.3) is 38.7 Å². The van der Waals surface area contributed by atoms with E-state index in [0.717, 1.165) is 32.6 Å². The third kappa shape index (κ3) is 6.44. The summed E-state index contributed by atoms with van der Waals surface area (Å²) in [6.07, 6.45) is 1.06. The van der Waals surface area contributed by atoms with Gasteiger partial charge in [-0.2, -0.15) is 0 Å². The van der Waals surface area contributed by atoms with Gasteiger partial charge in [-0.1, -0.05) is 59.6 Å². The maximum atomic E-state index is 12.0. The van der Waals surface area contributed by atoms with Gasteiger partial charge in [0, 0.05) is 23.9 Å². The summed E-state index contributed by atoms with van der Waals surface area (Å²) < 4.78 is 9.02. The highest BCUT2D eigenvalue weighted by molar-refractivity contribution is 6.42. The molecule has 0 unspecified atom stereocenters. The molecule has 1 aliphatic rings. The summed E-state index contributed by atoms with van der Waals surface area (Å²) in [5, 5.41) is 33.3. The van der Waals surface area contributed by atoms with E-state index in [4.69, 9.17) is 27.9 Å². The van der Waals surface area contributed by atoms with Crippen LogP contribution in [-0.2, 0) is 37.0 Å². The van der Waals surface area contributed by atoms with Gasteiger partial charge in [0.2, 0.25) is 0 Å². The molecule has 0 amide bonds. The smallest absolute Gasteiger partial charge is 0.307 e. The molecular formula is C35H31Cl2N4O8+. The van der Waals surface area contributed by atoms with E-state index in [1.165, 1.54) is 0 Å². The molecule has 0 bridgehead atoms. The van der Waals surface area contributed by atoms with Crippen LogP contribution in [0.4, 0.5) is 11.4 Å². The number of rotatable bonds is 14. The summed E-state index contributed by atoms with van der Waals surface area (Å²) in [5.41, 5.74) is 2.60.